The summed E-state index contributed by atoms with van der Waals surface area (Å²) in [5, 5.41) is 0. The molecule has 0 rings (SSSR count). The molecule has 0 radical (unpaired) electrons. The minimum absolute atomic E-state index is 0. The normalized spacial score (nSPS) is 12.2. The number of hydrogen-bond donors (Lipinski definition) is 2. The summed E-state index contributed by atoms with van der Waals surface area (Å²) < 4.78 is 56.8. The Balaban J connectivity index is 0. The standard InChI is InChI=1S/C4H10O6S2.H2O/c5-11(6,7)3-1-2-4-12(8,9)10;/h1-4H2,(H,5,6,7)(H,8,9,10);1H2. The Kier molecular flexibility index (Phi) is 6.45. The summed E-state index contributed by atoms with van der Waals surface area (Å²) in [6, 6.07) is 0. The van der Waals surface area contributed by atoms with Gasteiger partial charge in [-0.3, -0.25) is 9.11 Å². The van der Waals surface area contributed by atoms with E-state index in [4.69, 9.17) is 9.11 Å². The zero-order valence-electron chi connectivity index (χ0n) is 6.67. The fourth-order valence-corrected chi connectivity index (χ4v) is 1.71. The first-order valence-electron chi connectivity index (χ1n) is 3.11. The summed E-state index contributed by atoms with van der Waals surface area (Å²) in [5.74, 6) is -0.967. The molecule has 0 aliphatic carbocycles. The number of hydrogen-bond acceptors (Lipinski definition) is 4. The van der Waals surface area contributed by atoms with Crippen molar-refractivity contribution >= 4 is 20.2 Å². The van der Waals surface area contributed by atoms with Crippen molar-refractivity contribution in [3.05, 3.63) is 0 Å². The molecule has 0 unspecified atom stereocenters. The maximum atomic E-state index is 10.1. The van der Waals surface area contributed by atoms with Crippen LogP contribution in [0.2, 0.25) is 0 Å². The van der Waals surface area contributed by atoms with Crippen molar-refractivity contribution in [3.63, 3.8) is 0 Å². The molecule has 0 amide bonds. The van der Waals surface area contributed by atoms with Gasteiger partial charge in [0, 0.05) is 0 Å². The van der Waals surface area contributed by atoms with Crippen LogP contribution in [0.5, 0.6) is 0 Å². The lowest BCUT2D eigenvalue weighted by atomic mass is 10.4. The van der Waals surface area contributed by atoms with Crippen LogP contribution in [0.25, 0.3) is 0 Å². The first kappa shape index (κ1) is 15.3. The minimum atomic E-state index is -4.02. The van der Waals surface area contributed by atoms with Gasteiger partial charge in [0.25, 0.3) is 20.2 Å². The van der Waals surface area contributed by atoms with E-state index in [0.717, 1.165) is 0 Å². The van der Waals surface area contributed by atoms with Crippen LogP contribution in [0.3, 0.4) is 0 Å². The molecule has 13 heavy (non-hydrogen) atoms. The van der Waals surface area contributed by atoms with Crippen LogP contribution in [-0.2, 0) is 20.2 Å². The van der Waals surface area contributed by atoms with Gasteiger partial charge in [0.1, 0.15) is 0 Å². The van der Waals surface area contributed by atoms with E-state index in [1.54, 1.807) is 0 Å². The molecule has 0 aromatic rings. The fourth-order valence-electron chi connectivity index (χ4n) is 0.569. The van der Waals surface area contributed by atoms with E-state index in [1.807, 2.05) is 0 Å². The van der Waals surface area contributed by atoms with Crippen molar-refractivity contribution in [2.75, 3.05) is 11.5 Å². The van der Waals surface area contributed by atoms with Gasteiger partial charge in [-0.25, -0.2) is 0 Å². The Morgan fingerprint density at radius 1 is 0.769 bits per heavy atom. The first-order chi connectivity index (χ1) is 5.21. The Morgan fingerprint density at radius 3 is 1.15 bits per heavy atom. The van der Waals surface area contributed by atoms with Gasteiger partial charge in [0.05, 0.1) is 11.5 Å². The summed E-state index contributed by atoms with van der Waals surface area (Å²) >= 11 is 0. The molecule has 9 heteroatoms. The largest absolute Gasteiger partial charge is 0.412 e. The first-order valence-corrected chi connectivity index (χ1v) is 6.33. The lowest BCUT2D eigenvalue weighted by molar-refractivity contribution is 0.473. The topological polar surface area (TPSA) is 140 Å². The van der Waals surface area contributed by atoms with Crippen molar-refractivity contribution in [1.82, 2.24) is 0 Å². The highest BCUT2D eigenvalue weighted by Gasteiger charge is 2.07. The third-order valence-electron chi connectivity index (χ3n) is 1.05. The van der Waals surface area contributed by atoms with Crippen LogP contribution in [0.1, 0.15) is 12.8 Å². The highest BCUT2D eigenvalue weighted by atomic mass is 32.2. The van der Waals surface area contributed by atoms with Crippen LogP contribution in [-0.4, -0.2) is 42.9 Å². The molecule has 0 saturated carbocycles. The molecule has 0 fully saturated rings. The number of rotatable bonds is 5. The van der Waals surface area contributed by atoms with E-state index in [9.17, 15) is 16.8 Å². The van der Waals surface area contributed by atoms with E-state index >= 15 is 0 Å². The smallest absolute Gasteiger partial charge is 0.264 e. The molecule has 0 bridgehead atoms. The maximum absolute atomic E-state index is 10.1. The van der Waals surface area contributed by atoms with Gasteiger partial charge in [0.15, 0.2) is 0 Å². The van der Waals surface area contributed by atoms with Crippen LogP contribution in [0.15, 0.2) is 0 Å². The molecule has 0 saturated heterocycles. The Hall–Kier alpha value is -0.220. The summed E-state index contributed by atoms with van der Waals surface area (Å²) in [6.07, 6.45) is 0.0250. The molecule has 82 valence electrons. The van der Waals surface area contributed by atoms with Crippen molar-refractivity contribution in [2.45, 2.75) is 12.8 Å². The second-order valence-corrected chi connectivity index (χ2v) is 5.42. The van der Waals surface area contributed by atoms with Gasteiger partial charge >= 0.3 is 0 Å². The summed E-state index contributed by atoms with van der Waals surface area (Å²) in [6.45, 7) is 0. The summed E-state index contributed by atoms with van der Waals surface area (Å²) in [7, 11) is -8.04. The third-order valence-corrected chi connectivity index (χ3v) is 2.66. The van der Waals surface area contributed by atoms with Gasteiger partial charge in [-0.2, -0.15) is 16.8 Å². The van der Waals surface area contributed by atoms with Gasteiger partial charge in [0.2, 0.25) is 0 Å². The predicted molar refractivity (Wildman–Crippen MR) is 45.7 cm³/mol. The highest BCUT2D eigenvalue weighted by molar-refractivity contribution is 7.86. The van der Waals surface area contributed by atoms with E-state index < -0.39 is 31.7 Å². The van der Waals surface area contributed by atoms with Gasteiger partial charge in [-0.05, 0) is 12.8 Å². The lowest BCUT2D eigenvalue weighted by Crippen LogP contribution is -2.08. The van der Waals surface area contributed by atoms with Crippen LogP contribution in [0, 0.1) is 0 Å². The molecule has 0 atom stereocenters. The molecule has 4 N–H and O–H groups in total. The summed E-state index contributed by atoms with van der Waals surface area (Å²) in [4.78, 5) is 0. The van der Waals surface area contributed by atoms with Crippen molar-refractivity contribution in [3.8, 4) is 0 Å². The van der Waals surface area contributed by atoms with E-state index in [2.05, 4.69) is 0 Å². The van der Waals surface area contributed by atoms with E-state index in [1.165, 1.54) is 0 Å². The molecular weight excluding hydrogens is 224 g/mol. The van der Waals surface area contributed by atoms with Gasteiger partial charge in [-0.1, -0.05) is 0 Å². The van der Waals surface area contributed by atoms with E-state index in [0.29, 0.717) is 0 Å². The van der Waals surface area contributed by atoms with Crippen molar-refractivity contribution in [1.29, 1.82) is 0 Å². The summed E-state index contributed by atoms with van der Waals surface area (Å²) in [5.41, 5.74) is 0. The second-order valence-electron chi connectivity index (χ2n) is 2.28. The molecule has 0 spiro atoms. The Bertz CT molecular complexity index is 278. The molecular formula is C4H12O7S2. The predicted octanol–water partition coefficient (Wildman–Crippen LogP) is -1.28. The zero-order chi connectivity index (χ0) is 9.83. The SMILES string of the molecule is O.O=S(=O)(O)CCCCS(=O)(=O)O. The minimum Gasteiger partial charge on any atom is -0.412 e. The monoisotopic (exact) mass is 236 g/mol. The molecule has 0 aliphatic heterocycles. The van der Waals surface area contributed by atoms with Crippen molar-refractivity contribution < 1.29 is 31.4 Å². The zero-order valence-corrected chi connectivity index (χ0v) is 8.31. The molecule has 0 aliphatic rings. The Labute approximate surface area is 76.6 Å². The van der Waals surface area contributed by atoms with E-state index in [-0.39, 0.29) is 18.3 Å². The highest BCUT2D eigenvalue weighted by Crippen LogP contribution is 1.96. The third kappa shape index (κ3) is 14.6. The maximum Gasteiger partial charge on any atom is 0.264 e. The molecule has 0 aromatic heterocycles. The molecule has 0 heterocycles. The number of unbranched alkanes of at least 4 members (excludes halogenated alkanes) is 1. The van der Waals surface area contributed by atoms with Crippen LogP contribution in [0.4, 0.5) is 0 Å². The fraction of sp³-hybridized carbons (Fsp3) is 1.00. The van der Waals surface area contributed by atoms with Crippen LogP contribution < -0.4 is 0 Å². The second kappa shape index (κ2) is 5.50. The lowest BCUT2D eigenvalue weighted by Gasteiger charge is -1.96. The van der Waals surface area contributed by atoms with Gasteiger partial charge in [-0.15, -0.1) is 0 Å². The van der Waals surface area contributed by atoms with Crippen LogP contribution >= 0.6 is 0 Å². The average molecular weight is 236 g/mol. The average Bonchev–Trinajstić information content (AvgIpc) is 1.76. The Morgan fingerprint density at radius 2 is 1.00 bits per heavy atom. The van der Waals surface area contributed by atoms with Gasteiger partial charge < -0.3 is 5.48 Å². The molecule has 7 nitrogen and oxygen atoms in total. The quantitative estimate of drug-likeness (QED) is 0.450. The molecule has 0 aromatic carbocycles. The van der Waals surface area contributed by atoms with Crippen molar-refractivity contribution in [2.24, 2.45) is 0 Å².